The summed E-state index contributed by atoms with van der Waals surface area (Å²) in [5, 5.41) is 10.3. The lowest BCUT2D eigenvalue weighted by atomic mass is 10.3. The first-order chi connectivity index (χ1) is 12.6. The first-order valence-electron chi connectivity index (χ1n) is 7.71. The molecule has 3 N–H and O–H groups in total. The van der Waals surface area contributed by atoms with Crippen LogP contribution in [-0.2, 0) is 11.3 Å². The fraction of sp³-hybridized carbons (Fsp3) is 0.0588. The third-order valence-electron chi connectivity index (χ3n) is 3.79. The van der Waals surface area contributed by atoms with Crippen molar-refractivity contribution in [2.75, 3.05) is 11.1 Å². The number of anilines is 2. The van der Waals surface area contributed by atoms with E-state index in [1.165, 1.54) is 0 Å². The van der Waals surface area contributed by atoms with E-state index in [1.807, 2.05) is 48.5 Å². The largest absolute Gasteiger partial charge is 0.379 e. The molecule has 0 saturated carbocycles. The number of imidazole rings is 1. The standard InChI is InChI=1S/C17H13BrN6O2/c18-10-4-3-5-11(8-10)20-14(25)9-24-13-7-2-1-6-12(13)21-17(24)15-16(19)23-26-22-15/h1-8H,9H2,(H2,19,23)(H,20,25). The molecule has 2 aromatic heterocycles. The fourth-order valence-electron chi connectivity index (χ4n) is 2.68. The van der Waals surface area contributed by atoms with E-state index in [0.29, 0.717) is 17.2 Å². The molecule has 8 nitrogen and oxygen atoms in total. The molecule has 4 aromatic rings. The number of aromatic nitrogens is 4. The first kappa shape index (κ1) is 16.3. The van der Waals surface area contributed by atoms with Crippen LogP contribution in [0.1, 0.15) is 0 Å². The maximum Gasteiger partial charge on any atom is 0.244 e. The zero-order chi connectivity index (χ0) is 18.1. The number of rotatable bonds is 4. The highest BCUT2D eigenvalue weighted by Gasteiger charge is 2.20. The molecule has 0 fully saturated rings. The summed E-state index contributed by atoms with van der Waals surface area (Å²) >= 11 is 3.38. The monoisotopic (exact) mass is 412 g/mol. The normalized spacial score (nSPS) is 11.0. The Hall–Kier alpha value is -3.20. The smallest absolute Gasteiger partial charge is 0.244 e. The van der Waals surface area contributed by atoms with Crippen LogP contribution in [-0.4, -0.2) is 25.8 Å². The third kappa shape index (κ3) is 3.04. The quantitative estimate of drug-likeness (QED) is 0.532. The minimum Gasteiger partial charge on any atom is -0.379 e. The Balaban J connectivity index is 1.71. The van der Waals surface area contributed by atoms with Gasteiger partial charge in [-0.2, -0.15) is 0 Å². The number of carbonyl (C=O) groups excluding carboxylic acids is 1. The molecule has 2 heterocycles. The molecule has 0 aliphatic carbocycles. The van der Waals surface area contributed by atoms with Gasteiger partial charge >= 0.3 is 0 Å². The van der Waals surface area contributed by atoms with Gasteiger partial charge < -0.3 is 15.6 Å². The molecule has 0 spiro atoms. The number of nitrogen functional groups attached to an aromatic ring is 1. The van der Waals surface area contributed by atoms with E-state index >= 15 is 0 Å². The molecule has 0 atom stereocenters. The maximum absolute atomic E-state index is 12.6. The molecule has 0 saturated heterocycles. The summed E-state index contributed by atoms with van der Waals surface area (Å²) in [7, 11) is 0. The minimum atomic E-state index is -0.206. The summed E-state index contributed by atoms with van der Waals surface area (Å²) in [6.07, 6.45) is 0. The summed E-state index contributed by atoms with van der Waals surface area (Å²) in [6.45, 7) is 0.0364. The van der Waals surface area contributed by atoms with Crippen LogP contribution in [0.4, 0.5) is 11.5 Å². The Labute approximate surface area is 156 Å². The van der Waals surface area contributed by atoms with Crippen LogP contribution >= 0.6 is 15.9 Å². The lowest BCUT2D eigenvalue weighted by molar-refractivity contribution is -0.116. The Kier molecular flexibility index (Phi) is 4.13. The number of benzene rings is 2. The van der Waals surface area contributed by atoms with Crippen molar-refractivity contribution in [1.29, 1.82) is 0 Å². The van der Waals surface area contributed by atoms with Crippen LogP contribution in [0.2, 0.25) is 0 Å². The van der Waals surface area contributed by atoms with Gasteiger partial charge in [-0.3, -0.25) is 4.79 Å². The van der Waals surface area contributed by atoms with Crippen molar-refractivity contribution in [2.24, 2.45) is 0 Å². The average Bonchev–Trinajstić information content (AvgIpc) is 3.18. The molecule has 0 unspecified atom stereocenters. The lowest BCUT2D eigenvalue weighted by Gasteiger charge is -2.09. The number of halogens is 1. The number of nitrogens with two attached hydrogens (primary N) is 1. The molecule has 26 heavy (non-hydrogen) atoms. The summed E-state index contributed by atoms with van der Waals surface area (Å²) < 4.78 is 7.30. The number of hydrogen-bond donors (Lipinski definition) is 2. The Bertz CT molecular complexity index is 1100. The van der Waals surface area contributed by atoms with Gasteiger partial charge in [-0.25, -0.2) is 9.61 Å². The topological polar surface area (TPSA) is 112 Å². The second kappa shape index (κ2) is 6.60. The summed E-state index contributed by atoms with van der Waals surface area (Å²) in [5.74, 6) is 0.339. The lowest BCUT2D eigenvalue weighted by Crippen LogP contribution is -2.19. The zero-order valence-corrected chi connectivity index (χ0v) is 15.0. The highest BCUT2D eigenvalue weighted by molar-refractivity contribution is 9.10. The van der Waals surface area contributed by atoms with Gasteiger partial charge in [0.15, 0.2) is 17.3 Å². The van der Waals surface area contributed by atoms with E-state index < -0.39 is 0 Å². The van der Waals surface area contributed by atoms with Crippen LogP contribution < -0.4 is 11.1 Å². The van der Waals surface area contributed by atoms with Crippen LogP contribution in [0, 0.1) is 0 Å². The number of nitrogens with zero attached hydrogens (tertiary/aromatic N) is 4. The molecule has 0 aliphatic rings. The van der Waals surface area contributed by atoms with Gasteiger partial charge in [0.2, 0.25) is 5.91 Å². The second-order valence-electron chi connectivity index (χ2n) is 5.57. The summed E-state index contributed by atoms with van der Waals surface area (Å²) in [4.78, 5) is 17.1. The predicted molar refractivity (Wildman–Crippen MR) is 100 cm³/mol. The van der Waals surface area contributed by atoms with Crippen LogP contribution in [0.15, 0.2) is 57.6 Å². The number of para-hydroxylation sites is 2. The second-order valence-corrected chi connectivity index (χ2v) is 6.48. The highest BCUT2D eigenvalue weighted by Crippen LogP contribution is 2.26. The summed E-state index contributed by atoms with van der Waals surface area (Å²) in [5.41, 5.74) is 8.31. The predicted octanol–water partition coefficient (Wildman–Crippen LogP) is 3.07. The van der Waals surface area contributed by atoms with Crippen LogP contribution in [0.3, 0.4) is 0 Å². The molecule has 0 bridgehead atoms. The molecule has 2 aromatic carbocycles. The van der Waals surface area contributed by atoms with Gasteiger partial charge in [-0.15, -0.1) is 0 Å². The van der Waals surface area contributed by atoms with Gasteiger partial charge in [0.25, 0.3) is 0 Å². The molecule has 0 aliphatic heterocycles. The Morgan fingerprint density at radius 2 is 2.04 bits per heavy atom. The van der Waals surface area contributed by atoms with Crippen molar-refractivity contribution in [2.45, 2.75) is 6.54 Å². The van der Waals surface area contributed by atoms with E-state index in [1.54, 1.807) is 4.57 Å². The Morgan fingerprint density at radius 3 is 2.81 bits per heavy atom. The first-order valence-corrected chi connectivity index (χ1v) is 8.50. The van der Waals surface area contributed by atoms with Gasteiger partial charge in [-0.1, -0.05) is 34.1 Å². The van der Waals surface area contributed by atoms with E-state index in [0.717, 1.165) is 15.5 Å². The molecule has 1 amide bonds. The summed E-state index contributed by atoms with van der Waals surface area (Å²) in [6, 6.07) is 14.8. The molecule has 4 rings (SSSR count). The molecule has 9 heteroatoms. The van der Waals surface area contributed by atoms with E-state index in [9.17, 15) is 4.79 Å². The van der Waals surface area contributed by atoms with Gasteiger partial charge in [0.1, 0.15) is 6.54 Å². The minimum absolute atomic E-state index is 0.0364. The fourth-order valence-corrected chi connectivity index (χ4v) is 3.08. The Morgan fingerprint density at radius 1 is 1.19 bits per heavy atom. The zero-order valence-electron chi connectivity index (χ0n) is 13.4. The third-order valence-corrected chi connectivity index (χ3v) is 4.28. The van der Waals surface area contributed by atoms with E-state index in [2.05, 4.69) is 41.2 Å². The van der Waals surface area contributed by atoms with Gasteiger partial charge in [0.05, 0.1) is 11.0 Å². The highest BCUT2D eigenvalue weighted by atomic mass is 79.9. The van der Waals surface area contributed by atoms with Gasteiger partial charge in [-0.05, 0) is 40.6 Å². The van der Waals surface area contributed by atoms with Crippen molar-refractivity contribution in [3.8, 4) is 11.5 Å². The molecular weight excluding hydrogens is 400 g/mol. The SMILES string of the molecule is Nc1nonc1-c1nc2ccccc2n1CC(=O)Nc1cccc(Br)c1. The van der Waals surface area contributed by atoms with E-state index in [-0.39, 0.29) is 18.3 Å². The van der Waals surface area contributed by atoms with Crippen molar-refractivity contribution in [3.05, 3.63) is 53.0 Å². The number of amides is 1. The maximum atomic E-state index is 12.6. The van der Waals surface area contributed by atoms with Crippen LogP contribution in [0.5, 0.6) is 0 Å². The van der Waals surface area contributed by atoms with Crippen molar-refractivity contribution in [3.63, 3.8) is 0 Å². The van der Waals surface area contributed by atoms with Crippen molar-refractivity contribution >= 4 is 44.4 Å². The average molecular weight is 413 g/mol. The molecule has 0 radical (unpaired) electrons. The van der Waals surface area contributed by atoms with Gasteiger partial charge in [0, 0.05) is 10.2 Å². The van der Waals surface area contributed by atoms with Crippen LogP contribution in [0.25, 0.3) is 22.6 Å². The van der Waals surface area contributed by atoms with Crippen molar-refractivity contribution < 1.29 is 9.42 Å². The number of carbonyl (C=O) groups is 1. The molecule has 130 valence electrons. The van der Waals surface area contributed by atoms with Crippen molar-refractivity contribution in [1.82, 2.24) is 19.9 Å². The number of nitrogens with one attached hydrogen (secondary N) is 1. The molecular formula is C17H13BrN6O2. The number of hydrogen-bond acceptors (Lipinski definition) is 6. The number of fused-ring (bicyclic) bond motifs is 1. The van der Waals surface area contributed by atoms with E-state index in [4.69, 9.17) is 5.73 Å².